The fraction of sp³-hybridized carbons (Fsp3) is 0. The topological polar surface area (TPSA) is 55.9 Å². The van der Waals surface area contributed by atoms with Gasteiger partial charge in [0.1, 0.15) is 22.3 Å². The van der Waals surface area contributed by atoms with Crippen LogP contribution in [0.2, 0.25) is 0 Å². The summed E-state index contributed by atoms with van der Waals surface area (Å²) in [6.45, 7) is 0. The maximum Gasteiger partial charge on any atom is 0.145 e. The molecule has 134 heavy (non-hydrogen) atoms. The van der Waals surface area contributed by atoms with Gasteiger partial charge in [0.2, 0.25) is 0 Å². The van der Waals surface area contributed by atoms with E-state index >= 15 is 0 Å². The third kappa shape index (κ3) is 12.2. The first kappa shape index (κ1) is 76.1. The molecule has 0 unspecified atom stereocenters. The zero-order valence-electron chi connectivity index (χ0n) is 72.7. The van der Waals surface area contributed by atoms with Crippen molar-refractivity contribution in [1.82, 2.24) is 27.4 Å². The Morgan fingerprint density at radius 2 is 0.418 bits per heavy atom. The van der Waals surface area contributed by atoms with E-state index in [-0.39, 0.29) is 0 Å². The van der Waals surface area contributed by atoms with Crippen molar-refractivity contribution in [3.63, 3.8) is 0 Å². The molecule has 29 rings (SSSR count). The van der Waals surface area contributed by atoms with Crippen molar-refractivity contribution in [3.8, 4) is 78.6 Å². The van der Waals surface area contributed by atoms with Gasteiger partial charge in [-0.2, -0.15) is 0 Å². The second kappa shape index (κ2) is 30.9. The molecule has 8 heterocycles. The van der Waals surface area contributed by atoms with Crippen LogP contribution >= 0.6 is 0 Å². The molecule has 0 aliphatic heterocycles. The van der Waals surface area contributed by atoms with Crippen LogP contribution in [0.25, 0.3) is 253 Å². The van der Waals surface area contributed by atoms with Gasteiger partial charge in [0.25, 0.3) is 0 Å². The fourth-order valence-electron chi connectivity index (χ4n) is 21.6. The van der Waals surface area contributed by atoms with Crippen LogP contribution in [-0.2, 0) is 0 Å². The lowest BCUT2D eigenvalue weighted by molar-refractivity contribution is 0.669. The van der Waals surface area contributed by atoms with Crippen molar-refractivity contribution in [1.29, 1.82) is 0 Å². The van der Waals surface area contributed by atoms with E-state index in [1.54, 1.807) is 0 Å². The van der Waals surface area contributed by atoms with Crippen molar-refractivity contribution in [2.24, 2.45) is 0 Å². The van der Waals surface area contributed by atoms with Crippen LogP contribution in [0.3, 0.4) is 0 Å². The minimum absolute atomic E-state index is 0.885. The number of furan rings is 2. The first-order valence-corrected chi connectivity index (χ1v) is 45.8. The van der Waals surface area contributed by atoms with Gasteiger partial charge in [-0.15, -0.1) is 0 Å². The molecule has 0 aliphatic carbocycles. The van der Waals surface area contributed by atoms with Crippen LogP contribution in [0.4, 0.5) is 0 Å². The molecule has 0 amide bonds. The Hall–Kier alpha value is -18.0. The highest BCUT2D eigenvalue weighted by Crippen LogP contribution is 2.49. The van der Waals surface area contributed by atoms with Crippen LogP contribution in [0.5, 0.6) is 0 Å². The first-order valence-electron chi connectivity index (χ1n) is 45.8. The molecule has 0 saturated carbocycles. The predicted octanol–water partition coefficient (Wildman–Crippen LogP) is 34.1. The predicted molar refractivity (Wildman–Crippen MR) is 562 cm³/mol. The Morgan fingerprint density at radius 1 is 0.127 bits per heavy atom. The molecule has 8 nitrogen and oxygen atoms in total. The number of nitrogens with zero attached hydrogens (tertiary/aromatic N) is 6. The standard InChI is InChI=1S/C48H30N2O.C42H26N2O.C36H24N2/c1-3-13-31(14-4-1)33-17-11-19-35(29-33)49-42-24-10-8-22-39(42)45-43(49)27-25-40-46-44(51-48(40)45)28-26-38-37-21-7-9-23-41(37)50(47(38)46)36-20-12-18-34(30-36)32-15-5-2-6-16-32;1-3-11-27(12-4-1)28-19-21-30(22-20-28)44-38-18-10-8-16-32(38)34-24-36-35-23-33-31-15-7-9-17-37(31)43(29-13-5-2-6-14-29)39(33)25-41(35)45-42(36)26-40(34)44;1-3-11-27(12-4-1)37-33-17-9-7-15-29(33)31-23-25(19-21-35(31)37)26-20-22-36-32(24-26)30-16-8-10-18-34(30)38(36)28-13-5-2-6-14-28/h1-30H;1-26H;1-24H. The smallest absolute Gasteiger partial charge is 0.145 e. The summed E-state index contributed by atoms with van der Waals surface area (Å²) in [5, 5.41) is 19.3. The van der Waals surface area contributed by atoms with Crippen molar-refractivity contribution in [3.05, 3.63) is 485 Å². The maximum absolute atomic E-state index is 6.98. The maximum atomic E-state index is 6.98. The number of hydrogen-bond acceptors (Lipinski definition) is 2. The van der Waals surface area contributed by atoms with Gasteiger partial charge >= 0.3 is 0 Å². The van der Waals surface area contributed by atoms with Gasteiger partial charge in [0.05, 0.1) is 77.0 Å². The summed E-state index contributed by atoms with van der Waals surface area (Å²) in [4.78, 5) is 0. The lowest BCUT2D eigenvalue weighted by Crippen LogP contribution is -1.95. The molecule has 0 saturated heterocycles. The number of hydrogen-bond donors (Lipinski definition) is 0. The minimum atomic E-state index is 0.885. The molecule has 0 bridgehead atoms. The molecule has 0 fully saturated rings. The highest BCUT2D eigenvalue weighted by Gasteiger charge is 2.27. The zero-order chi connectivity index (χ0) is 88.0. The van der Waals surface area contributed by atoms with Crippen molar-refractivity contribution < 1.29 is 8.83 Å². The second-order valence-corrected chi connectivity index (χ2v) is 34.9. The summed E-state index contributed by atoms with van der Waals surface area (Å²) in [5.74, 6) is 0. The van der Waals surface area contributed by atoms with Crippen LogP contribution in [0.1, 0.15) is 0 Å². The van der Waals surface area contributed by atoms with E-state index in [9.17, 15) is 0 Å². The Morgan fingerprint density at radius 3 is 0.866 bits per heavy atom. The van der Waals surface area contributed by atoms with Gasteiger partial charge in [-0.05, 0) is 214 Å². The minimum Gasteiger partial charge on any atom is -0.456 e. The van der Waals surface area contributed by atoms with Gasteiger partial charge in [-0.3, -0.25) is 0 Å². The number of fused-ring (bicyclic) bond motifs is 26. The van der Waals surface area contributed by atoms with Crippen molar-refractivity contribution in [2.75, 3.05) is 0 Å². The summed E-state index contributed by atoms with van der Waals surface area (Å²) in [6, 6.07) is 174. The normalized spacial score (nSPS) is 11.9. The number of benzene rings is 21. The van der Waals surface area contributed by atoms with E-state index < -0.39 is 0 Å². The number of rotatable bonds is 10. The molecular formula is C126H80N6O2. The molecule has 0 N–H and O–H groups in total. The second-order valence-electron chi connectivity index (χ2n) is 34.9. The molecule has 0 atom stereocenters. The molecule has 0 aliphatic rings. The van der Waals surface area contributed by atoms with E-state index in [2.05, 4.69) is 513 Å². The van der Waals surface area contributed by atoms with E-state index in [0.717, 1.165) is 99.6 Å². The lowest BCUT2D eigenvalue weighted by Gasteiger charge is -2.11. The molecule has 0 spiro atoms. The summed E-state index contributed by atoms with van der Waals surface area (Å²) in [5.41, 5.74) is 34.3. The van der Waals surface area contributed by atoms with Crippen molar-refractivity contribution in [2.45, 2.75) is 0 Å². The van der Waals surface area contributed by atoms with Gasteiger partial charge in [0, 0.05) is 122 Å². The average Bonchev–Trinajstić information content (AvgIpc) is 1.53. The molecule has 21 aromatic carbocycles. The van der Waals surface area contributed by atoms with E-state index in [1.807, 2.05) is 0 Å². The Balaban J connectivity index is 0.000000103. The van der Waals surface area contributed by atoms with Gasteiger partial charge in [-0.1, -0.05) is 303 Å². The molecule has 8 heteroatoms. The molecule has 29 aromatic rings. The SMILES string of the molecule is c1ccc(-c2ccc(-n3c4ccccc4c4cc5c(cc43)oc3cc4c(cc35)c3ccccc3n4-c3ccccc3)cc2)cc1.c1ccc(-c2cccc(-n3c4ccccc4c4c5oc6ccc7c8ccccc8n(-c8cccc(-c9ccccc9)c8)c7c6c5ccc43)c2)cc1.c1ccc(-n2c3ccccc3c3cc(-c4ccc5c(c4)c4ccccc4n5-c4ccccc4)ccc32)cc1. The number of aromatic nitrogens is 6. The van der Waals surface area contributed by atoms with Gasteiger partial charge in [-0.25, -0.2) is 0 Å². The summed E-state index contributed by atoms with van der Waals surface area (Å²) >= 11 is 0. The van der Waals surface area contributed by atoms with E-state index in [0.29, 0.717) is 0 Å². The third-order valence-corrected chi connectivity index (χ3v) is 27.5. The van der Waals surface area contributed by atoms with Crippen LogP contribution in [0, 0.1) is 0 Å². The largest absolute Gasteiger partial charge is 0.456 e. The molecule has 0 radical (unpaired) electrons. The highest BCUT2D eigenvalue weighted by atomic mass is 16.3. The highest BCUT2D eigenvalue weighted by molar-refractivity contribution is 6.31. The van der Waals surface area contributed by atoms with Crippen LogP contribution in [-0.4, -0.2) is 27.4 Å². The number of para-hydroxylation sites is 9. The summed E-state index contributed by atoms with van der Waals surface area (Å²) < 4.78 is 27.9. The fourth-order valence-corrected chi connectivity index (χ4v) is 21.6. The quantitative estimate of drug-likeness (QED) is 0.137. The zero-order valence-corrected chi connectivity index (χ0v) is 72.7. The first-order chi connectivity index (χ1) is 66.5. The molecular weight excluding hydrogens is 1630 g/mol. The third-order valence-electron chi connectivity index (χ3n) is 27.5. The van der Waals surface area contributed by atoms with Crippen LogP contribution < -0.4 is 0 Å². The Labute approximate surface area is 769 Å². The molecule has 8 aromatic heterocycles. The Kier molecular flexibility index (Phi) is 17.5. The Bertz CT molecular complexity index is 9580. The van der Waals surface area contributed by atoms with Gasteiger partial charge < -0.3 is 36.2 Å². The summed E-state index contributed by atoms with van der Waals surface area (Å²) in [6.07, 6.45) is 0. The van der Waals surface area contributed by atoms with E-state index in [4.69, 9.17) is 8.83 Å². The van der Waals surface area contributed by atoms with Crippen molar-refractivity contribution >= 4 is 175 Å². The van der Waals surface area contributed by atoms with Crippen LogP contribution in [0.15, 0.2) is 494 Å². The average molecular weight is 1710 g/mol. The van der Waals surface area contributed by atoms with E-state index in [1.165, 1.54) is 154 Å². The van der Waals surface area contributed by atoms with Gasteiger partial charge in [0.15, 0.2) is 0 Å². The monoisotopic (exact) mass is 1710 g/mol. The molecule has 626 valence electrons. The lowest BCUT2D eigenvalue weighted by atomic mass is 10.0. The summed E-state index contributed by atoms with van der Waals surface area (Å²) in [7, 11) is 0.